The minimum atomic E-state index is 0.281. The predicted molar refractivity (Wildman–Crippen MR) is 69.0 cm³/mol. The van der Waals surface area contributed by atoms with Crippen molar-refractivity contribution >= 4 is 11.6 Å². The van der Waals surface area contributed by atoms with E-state index < -0.39 is 0 Å². The molecule has 2 N–H and O–H groups in total. The van der Waals surface area contributed by atoms with Gasteiger partial charge < -0.3 is 10.6 Å². The minimum absolute atomic E-state index is 0.281. The van der Waals surface area contributed by atoms with Gasteiger partial charge in [-0.1, -0.05) is 23.7 Å². The number of likely N-dealkylation sites (tertiary alicyclic amines) is 1. The number of hydrogen-bond acceptors (Lipinski definition) is 2. The highest BCUT2D eigenvalue weighted by Crippen LogP contribution is 2.28. The van der Waals surface area contributed by atoms with Crippen LogP contribution in [-0.4, -0.2) is 31.1 Å². The standard InChI is InChI=1S/C13H19ClN2/c1-9-3-4-10(6-13(9)14)11-5-12(15)8-16(2)7-11/h3-4,6,11-12H,5,7-8,15H2,1-2H3. The molecule has 1 aromatic rings. The molecular formula is C13H19ClN2. The summed E-state index contributed by atoms with van der Waals surface area (Å²) in [6.07, 6.45) is 1.06. The molecule has 3 heteroatoms. The van der Waals surface area contributed by atoms with Gasteiger partial charge in [-0.3, -0.25) is 0 Å². The highest BCUT2D eigenvalue weighted by Gasteiger charge is 2.24. The summed E-state index contributed by atoms with van der Waals surface area (Å²) in [6, 6.07) is 6.65. The fourth-order valence-electron chi connectivity index (χ4n) is 2.47. The second-order valence-electron chi connectivity index (χ2n) is 4.92. The van der Waals surface area contributed by atoms with Crippen LogP contribution in [0.25, 0.3) is 0 Å². The number of aryl methyl sites for hydroxylation is 1. The van der Waals surface area contributed by atoms with Gasteiger partial charge in [-0.25, -0.2) is 0 Å². The molecule has 2 rings (SSSR count). The Balaban J connectivity index is 2.19. The lowest BCUT2D eigenvalue weighted by atomic mass is 9.88. The summed E-state index contributed by atoms with van der Waals surface area (Å²) in [7, 11) is 2.13. The van der Waals surface area contributed by atoms with Gasteiger partial charge in [0.25, 0.3) is 0 Å². The number of rotatable bonds is 1. The lowest BCUT2D eigenvalue weighted by molar-refractivity contribution is 0.227. The lowest BCUT2D eigenvalue weighted by Gasteiger charge is -2.34. The molecule has 1 aliphatic rings. The van der Waals surface area contributed by atoms with Crippen LogP contribution < -0.4 is 5.73 Å². The van der Waals surface area contributed by atoms with Crippen molar-refractivity contribution in [2.24, 2.45) is 5.73 Å². The molecule has 0 saturated carbocycles. The fourth-order valence-corrected chi connectivity index (χ4v) is 2.66. The average Bonchev–Trinajstić information content (AvgIpc) is 2.20. The van der Waals surface area contributed by atoms with Crippen LogP contribution in [0, 0.1) is 6.92 Å². The number of nitrogens with two attached hydrogens (primary N) is 1. The zero-order valence-electron chi connectivity index (χ0n) is 9.91. The zero-order chi connectivity index (χ0) is 11.7. The van der Waals surface area contributed by atoms with Gasteiger partial charge >= 0.3 is 0 Å². The van der Waals surface area contributed by atoms with E-state index in [9.17, 15) is 0 Å². The molecule has 0 radical (unpaired) electrons. The van der Waals surface area contributed by atoms with Crippen LogP contribution in [0.1, 0.15) is 23.5 Å². The Morgan fingerprint density at radius 3 is 2.75 bits per heavy atom. The van der Waals surface area contributed by atoms with Gasteiger partial charge in [-0.15, -0.1) is 0 Å². The first-order chi connectivity index (χ1) is 7.56. The molecular weight excluding hydrogens is 220 g/mol. The molecule has 2 nitrogen and oxygen atoms in total. The van der Waals surface area contributed by atoms with Gasteiger partial charge in [0.15, 0.2) is 0 Å². The smallest absolute Gasteiger partial charge is 0.0438 e. The van der Waals surface area contributed by atoms with Crippen LogP contribution >= 0.6 is 11.6 Å². The maximum absolute atomic E-state index is 6.16. The van der Waals surface area contributed by atoms with Gasteiger partial charge in [0, 0.05) is 24.2 Å². The van der Waals surface area contributed by atoms with Crippen LogP contribution in [0.4, 0.5) is 0 Å². The molecule has 1 heterocycles. The summed E-state index contributed by atoms with van der Waals surface area (Å²) in [5.41, 5.74) is 8.50. The van der Waals surface area contributed by atoms with Crippen molar-refractivity contribution in [3.8, 4) is 0 Å². The Morgan fingerprint density at radius 1 is 1.38 bits per heavy atom. The average molecular weight is 239 g/mol. The molecule has 1 fully saturated rings. The van der Waals surface area contributed by atoms with Crippen LogP contribution in [0.2, 0.25) is 5.02 Å². The third-order valence-corrected chi connectivity index (χ3v) is 3.74. The van der Waals surface area contributed by atoms with E-state index in [-0.39, 0.29) is 6.04 Å². The van der Waals surface area contributed by atoms with Crippen LogP contribution in [0.3, 0.4) is 0 Å². The number of likely N-dealkylation sites (N-methyl/N-ethyl adjacent to an activating group) is 1. The van der Waals surface area contributed by atoms with Gasteiger partial charge in [0.1, 0.15) is 0 Å². The van der Waals surface area contributed by atoms with Crippen molar-refractivity contribution in [3.63, 3.8) is 0 Å². The van der Waals surface area contributed by atoms with E-state index in [0.29, 0.717) is 5.92 Å². The monoisotopic (exact) mass is 238 g/mol. The number of halogens is 1. The molecule has 16 heavy (non-hydrogen) atoms. The molecule has 2 atom stereocenters. The second-order valence-corrected chi connectivity index (χ2v) is 5.33. The van der Waals surface area contributed by atoms with E-state index in [1.807, 2.05) is 6.92 Å². The number of hydrogen-bond donors (Lipinski definition) is 1. The van der Waals surface area contributed by atoms with Crippen molar-refractivity contribution in [1.29, 1.82) is 0 Å². The minimum Gasteiger partial charge on any atom is -0.327 e. The molecule has 1 aliphatic heterocycles. The third kappa shape index (κ3) is 2.57. The first kappa shape index (κ1) is 11.9. The zero-order valence-corrected chi connectivity index (χ0v) is 10.7. The second kappa shape index (κ2) is 4.74. The van der Waals surface area contributed by atoms with Gasteiger partial charge in [-0.05, 0) is 43.5 Å². The first-order valence-electron chi connectivity index (χ1n) is 5.76. The number of nitrogens with zero attached hydrogens (tertiary/aromatic N) is 1. The van der Waals surface area contributed by atoms with E-state index in [4.69, 9.17) is 17.3 Å². The fraction of sp³-hybridized carbons (Fsp3) is 0.538. The summed E-state index contributed by atoms with van der Waals surface area (Å²) in [5, 5.41) is 0.860. The largest absolute Gasteiger partial charge is 0.327 e. The van der Waals surface area contributed by atoms with Crippen LogP contribution in [-0.2, 0) is 0 Å². The third-order valence-electron chi connectivity index (χ3n) is 3.33. The molecule has 1 saturated heterocycles. The SMILES string of the molecule is Cc1ccc(C2CC(N)CN(C)C2)cc1Cl. The van der Waals surface area contributed by atoms with Gasteiger partial charge in [0.05, 0.1) is 0 Å². The van der Waals surface area contributed by atoms with Crippen molar-refractivity contribution in [2.45, 2.75) is 25.3 Å². The Morgan fingerprint density at radius 2 is 2.12 bits per heavy atom. The summed E-state index contributed by atoms with van der Waals surface area (Å²) < 4.78 is 0. The van der Waals surface area contributed by atoms with E-state index in [0.717, 1.165) is 30.1 Å². The molecule has 0 spiro atoms. The van der Waals surface area contributed by atoms with Crippen molar-refractivity contribution in [1.82, 2.24) is 4.90 Å². The Kier molecular flexibility index (Phi) is 3.53. The Bertz CT molecular complexity index is 368. The molecule has 0 amide bonds. The summed E-state index contributed by atoms with van der Waals surface area (Å²) in [6.45, 7) is 4.11. The molecule has 1 aromatic carbocycles. The molecule has 0 bridgehead atoms. The maximum Gasteiger partial charge on any atom is 0.0438 e. The van der Waals surface area contributed by atoms with Crippen molar-refractivity contribution in [2.75, 3.05) is 20.1 Å². The quantitative estimate of drug-likeness (QED) is 0.814. The Hall–Kier alpha value is -0.570. The summed E-state index contributed by atoms with van der Waals surface area (Å²) >= 11 is 6.16. The molecule has 0 aromatic heterocycles. The van der Waals surface area contributed by atoms with Crippen LogP contribution in [0.15, 0.2) is 18.2 Å². The van der Waals surface area contributed by atoms with Crippen LogP contribution in [0.5, 0.6) is 0 Å². The molecule has 2 unspecified atom stereocenters. The summed E-state index contributed by atoms with van der Waals surface area (Å²) in [4.78, 5) is 2.30. The maximum atomic E-state index is 6.16. The van der Waals surface area contributed by atoms with E-state index in [1.165, 1.54) is 5.56 Å². The van der Waals surface area contributed by atoms with E-state index in [2.05, 4.69) is 30.1 Å². The first-order valence-corrected chi connectivity index (χ1v) is 6.14. The lowest BCUT2D eigenvalue weighted by Crippen LogP contribution is -2.44. The molecule has 88 valence electrons. The summed E-state index contributed by atoms with van der Waals surface area (Å²) in [5.74, 6) is 0.520. The van der Waals surface area contributed by atoms with E-state index in [1.54, 1.807) is 0 Å². The van der Waals surface area contributed by atoms with Crippen molar-refractivity contribution in [3.05, 3.63) is 34.3 Å². The van der Waals surface area contributed by atoms with Crippen molar-refractivity contribution < 1.29 is 0 Å². The normalized spacial score (nSPS) is 27.0. The molecule has 0 aliphatic carbocycles. The number of benzene rings is 1. The highest BCUT2D eigenvalue weighted by molar-refractivity contribution is 6.31. The highest BCUT2D eigenvalue weighted by atomic mass is 35.5. The van der Waals surface area contributed by atoms with E-state index >= 15 is 0 Å². The Labute approximate surface area is 102 Å². The topological polar surface area (TPSA) is 29.3 Å². The number of piperidine rings is 1. The van der Waals surface area contributed by atoms with Gasteiger partial charge in [-0.2, -0.15) is 0 Å². The predicted octanol–water partition coefficient (Wildman–Crippen LogP) is 2.39. The van der Waals surface area contributed by atoms with Gasteiger partial charge in [0.2, 0.25) is 0 Å².